The first kappa shape index (κ1) is 28.6. The van der Waals surface area contributed by atoms with Crippen LogP contribution < -0.4 is 14.8 Å². The Balaban J connectivity index is 1.87. The Morgan fingerprint density at radius 3 is 2.16 bits per heavy atom. The second-order valence-electron chi connectivity index (χ2n) is 7.77. The number of esters is 2. The molecule has 0 fully saturated rings. The average molecular weight is 504 g/mol. The summed E-state index contributed by atoms with van der Waals surface area (Å²) in [6.07, 6.45) is 3.74. The van der Waals surface area contributed by atoms with E-state index >= 15 is 0 Å². The fourth-order valence-corrected chi connectivity index (χ4v) is 3.36. The first-order chi connectivity index (χ1) is 17.9. The molecule has 0 unspecified atom stereocenters. The van der Waals surface area contributed by atoms with Crippen LogP contribution in [-0.4, -0.2) is 53.0 Å². The number of nitriles is 2. The van der Waals surface area contributed by atoms with E-state index in [0.29, 0.717) is 30.2 Å². The lowest BCUT2D eigenvalue weighted by Crippen LogP contribution is -2.23. The summed E-state index contributed by atoms with van der Waals surface area (Å²) >= 11 is 0. The molecule has 0 aliphatic heterocycles. The summed E-state index contributed by atoms with van der Waals surface area (Å²) in [5.74, 6) is -0.342. The quantitative estimate of drug-likeness (QED) is 0.200. The van der Waals surface area contributed by atoms with Crippen LogP contribution in [0.1, 0.15) is 22.3 Å². The van der Waals surface area contributed by atoms with E-state index < -0.39 is 11.9 Å². The van der Waals surface area contributed by atoms with Crippen molar-refractivity contribution in [3.8, 4) is 23.6 Å². The van der Waals surface area contributed by atoms with E-state index in [-0.39, 0.29) is 11.1 Å². The van der Waals surface area contributed by atoms with E-state index in [9.17, 15) is 9.59 Å². The van der Waals surface area contributed by atoms with E-state index in [0.717, 1.165) is 29.7 Å². The van der Waals surface area contributed by atoms with Crippen molar-refractivity contribution >= 4 is 24.1 Å². The largest absolute Gasteiger partial charge is 0.493 e. The highest BCUT2D eigenvalue weighted by atomic mass is 16.5. The lowest BCUT2D eigenvalue weighted by Gasteiger charge is -2.12. The number of hydrogen-bond acceptors (Lipinski definition) is 9. The van der Waals surface area contributed by atoms with Crippen molar-refractivity contribution < 1.29 is 28.5 Å². The van der Waals surface area contributed by atoms with Gasteiger partial charge in [0.2, 0.25) is 0 Å². The number of nitrogens with one attached hydrogen (secondary N) is 1. The molecular formula is C28H29N3O6. The highest BCUT2D eigenvalue weighted by molar-refractivity contribution is 5.98. The van der Waals surface area contributed by atoms with Gasteiger partial charge in [0.05, 0.1) is 21.3 Å². The number of methoxy groups -OCH3 is 3. The Morgan fingerprint density at radius 2 is 1.57 bits per heavy atom. The van der Waals surface area contributed by atoms with Crippen LogP contribution in [0, 0.1) is 29.6 Å². The van der Waals surface area contributed by atoms with Crippen LogP contribution in [-0.2, 0) is 25.5 Å². The Morgan fingerprint density at radius 1 is 0.892 bits per heavy atom. The molecule has 1 N–H and O–H groups in total. The minimum atomic E-state index is -0.706. The van der Waals surface area contributed by atoms with E-state index in [2.05, 4.69) is 14.8 Å². The van der Waals surface area contributed by atoms with Gasteiger partial charge in [0.25, 0.3) is 0 Å². The van der Waals surface area contributed by atoms with Gasteiger partial charge in [-0.3, -0.25) is 0 Å². The van der Waals surface area contributed by atoms with E-state index in [1.807, 2.05) is 37.3 Å². The maximum Gasteiger partial charge on any atom is 0.348 e. The zero-order chi connectivity index (χ0) is 27.2. The van der Waals surface area contributed by atoms with Crippen molar-refractivity contribution in [1.82, 2.24) is 5.32 Å². The summed E-state index contributed by atoms with van der Waals surface area (Å²) < 4.78 is 20.4. The Labute approximate surface area is 216 Å². The second kappa shape index (κ2) is 14.7. The van der Waals surface area contributed by atoms with Gasteiger partial charge in [0, 0.05) is 6.54 Å². The molecule has 0 radical (unpaired) electrons. The number of carbonyl (C=O) groups excluding carboxylic acids is 2. The van der Waals surface area contributed by atoms with Crippen molar-refractivity contribution in [3.63, 3.8) is 0 Å². The number of benzene rings is 2. The van der Waals surface area contributed by atoms with Gasteiger partial charge in [0.1, 0.15) is 29.9 Å². The molecule has 0 atom stereocenters. The number of rotatable bonds is 12. The minimum absolute atomic E-state index is 0.0455. The molecule has 0 heterocycles. The third-order valence-corrected chi connectivity index (χ3v) is 5.31. The molecule has 2 aromatic rings. The van der Waals surface area contributed by atoms with Crippen LogP contribution in [0.5, 0.6) is 11.5 Å². The first-order valence-corrected chi connectivity index (χ1v) is 11.4. The Hall–Kier alpha value is -4.60. The molecular weight excluding hydrogens is 474 g/mol. The smallest absolute Gasteiger partial charge is 0.348 e. The highest BCUT2D eigenvalue weighted by Crippen LogP contribution is 2.29. The third kappa shape index (κ3) is 8.53. The zero-order valence-corrected chi connectivity index (χ0v) is 21.3. The Kier molecular flexibility index (Phi) is 11.4. The molecule has 0 amide bonds. The van der Waals surface area contributed by atoms with E-state index in [1.54, 1.807) is 18.2 Å². The lowest BCUT2D eigenvalue weighted by molar-refractivity contribution is -0.136. The number of ether oxygens (including phenoxy) is 4. The predicted octanol–water partition coefficient (Wildman–Crippen LogP) is 3.37. The van der Waals surface area contributed by atoms with Gasteiger partial charge in [-0.05, 0) is 66.4 Å². The lowest BCUT2D eigenvalue weighted by atomic mass is 10.0. The van der Waals surface area contributed by atoms with Gasteiger partial charge < -0.3 is 24.3 Å². The molecule has 192 valence electrons. The molecule has 0 aliphatic carbocycles. The maximum absolute atomic E-state index is 11.6. The molecule has 9 heteroatoms. The first-order valence-electron chi connectivity index (χ1n) is 11.4. The fourth-order valence-electron chi connectivity index (χ4n) is 3.36. The summed E-state index contributed by atoms with van der Waals surface area (Å²) in [5.41, 5.74) is 3.31. The normalized spacial score (nSPS) is 11.2. The monoisotopic (exact) mass is 503 g/mol. The molecule has 9 nitrogen and oxygen atoms in total. The van der Waals surface area contributed by atoms with Gasteiger partial charge in [-0.1, -0.05) is 24.3 Å². The predicted molar refractivity (Wildman–Crippen MR) is 137 cm³/mol. The summed E-state index contributed by atoms with van der Waals surface area (Å²) in [6, 6.07) is 14.6. The molecule has 0 spiro atoms. The van der Waals surface area contributed by atoms with Gasteiger partial charge in [-0.2, -0.15) is 10.5 Å². The van der Waals surface area contributed by atoms with Crippen molar-refractivity contribution in [3.05, 3.63) is 69.8 Å². The Bertz CT molecular complexity index is 1270. The maximum atomic E-state index is 11.6. The molecule has 2 rings (SSSR count). The summed E-state index contributed by atoms with van der Waals surface area (Å²) in [7, 11) is 3.97. The van der Waals surface area contributed by atoms with Gasteiger partial charge in [0.15, 0.2) is 11.5 Å². The standard InChI is InChI=1S/C28H29N3O6/c1-19-13-20(5-7-22(19)16-24(18-30)28(33)36-4)9-10-31-11-12-37-25-8-6-21(15-26(25)34-2)14-23(17-29)27(32)35-3/h5-8,13-16,31H,9-12H2,1-4H3. The SMILES string of the molecule is COC(=O)C(C#N)=Cc1ccc(OCCNCCc2ccc(C=C(C#N)C(=O)OC)c(C)c2)c(OC)c1. The van der Waals surface area contributed by atoms with Crippen molar-refractivity contribution in [2.24, 2.45) is 0 Å². The van der Waals surface area contributed by atoms with Gasteiger partial charge >= 0.3 is 11.9 Å². The molecule has 0 aromatic heterocycles. The minimum Gasteiger partial charge on any atom is -0.493 e. The third-order valence-electron chi connectivity index (χ3n) is 5.31. The van der Waals surface area contributed by atoms with Crippen molar-refractivity contribution in [1.29, 1.82) is 10.5 Å². The average Bonchev–Trinajstić information content (AvgIpc) is 2.92. The number of nitrogens with zero attached hydrogens (tertiary/aromatic N) is 2. The molecule has 0 saturated carbocycles. The van der Waals surface area contributed by atoms with Crippen LogP contribution in [0.4, 0.5) is 0 Å². The van der Waals surface area contributed by atoms with Crippen LogP contribution in [0.3, 0.4) is 0 Å². The number of hydrogen-bond donors (Lipinski definition) is 1. The van der Waals surface area contributed by atoms with Crippen LogP contribution in [0.15, 0.2) is 47.5 Å². The summed E-state index contributed by atoms with van der Waals surface area (Å²) in [6.45, 7) is 3.67. The molecule has 37 heavy (non-hydrogen) atoms. The van der Waals surface area contributed by atoms with Crippen LogP contribution >= 0.6 is 0 Å². The van der Waals surface area contributed by atoms with Crippen LogP contribution in [0.25, 0.3) is 12.2 Å². The molecule has 0 bridgehead atoms. The zero-order valence-electron chi connectivity index (χ0n) is 21.3. The van der Waals surface area contributed by atoms with Gasteiger partial charge in [-0.25, -0.2) is 9.59 Å². The molecule has 2 aromatic carbocycles. The van der Waals surface area contributed by atoms with Crippen molar-refractivity contribution in [2.45, 2.75) is 13.3 Å². The summed E-state index contributed by atoms with van der Waals surface area (Å²) in [5, 5.41) is 21.6. The molecule has 0 aliphatic rings. The van der Waals surface area contributed by atoms with E-state index in [1.165, 1.54) is 33.5 Å². The highest BCUT2D eigenvalue weighted by Gasteiger charge is 2.11. The summed E-state index contributed by atoms with van der Waals surface area (Å²) in [4.78, 5) is 23.2. The van der Waals surface area contributed by atoms with E-state index in [4.69, 9.17) is 20.0 Å². The second-order valence-corrected chi connectivity index (χ2v) is 7.77. The molecule has 0 saturated heterocycles. The van der Waals surface area contributed by atoms with Gasteiger partial charge in [-0.15, -0.1) is 0 Å². The number of carbonyl (C=O) groups is 2. The topological polar surface area (TPSA) is 131 Å². The fraction of sp³-hybridized carbons (Fsp3) is 0.286. The number of aryl methyl sites for hydroxylation is 1. The van der Waals surface area contributed by atoms with Crippen LogP contribution in [0.2, 0.25) is 0 Å². The van der Waals surface area contributed by atoms with Crippen molar-refractivity contribution in [2.75, 3.05) is 41.0 Å².